The van der Waals surface area contributed by atoms with Crippen molar-refractivity contribution in [3.8, 4) is 0 Å². The minimum atomic E-state index is -1.02. The molecule has 0 amide bonds. The van der Waals surface area contributed by atoms with E-state index in [9.17, 15) is 18.0 Å². The highest BCUT2D eigenvalue weighted by atomic mass is 32.1. The second kappa shape index (κ2) is 5.96. The van der Waals surface area contributed by atoms with Crippen LogP contribution in [0.15, 0.2) is 47.3 Å². The largest absolute Gasteiger partial charge is 0.360 e. The molecule has 5 rings (SSSR count). The molecule has 2 nitrogen and oxygen atoms in total. The summed E-state index contributed by atoms with van der Waals surface area (Å²) in [5.74, 6) is -2.01. The number of thiophene rings is 1. The number of hydrogen-bond acceptors (Lipinski definition) is 3. The first kappa shape index (κ1) is 16.6. The topological polar surface area (TPSA) is 20.3 Å². The Balaban J connectivity index is 2.00. The van der Waals surface area contributed by atoms with Crippen molar-refractivity contribution in [1.29, 1.82) is 0 Å². The number of nitrogens with zero attached hydrogens (tertiary/aromatic N) is 1. The Labute approximate surface area is 156 Å². The summed E-state index contributed by atoms with van der Waals surface area (Å²) in [6, 6.07) is 11.2. The summed E-state index contributed by atoms with van der Waals surface area (Å²) in [4.78, 5) is 14.9. The zero-order chi connectivity index (χ0) is 18.7. The van der Waals surface area contributed by atoms with Gasteiger partial charge in [-0.15, -0.1) is 11.3 Å². The van der Waals surface area contributed by atoms with Crippen molar-refractivity contribution >= 4 is 48.0 Å². The summed E-state index contributed by atoms with van der Waals surface area (Å²) >= 11 is 1.39. The Kier molecular flexibility index (Phi) is 3.65. The van der Waals surface area contributed by atoms with Gasteiger partial charge in [-0.25, -0.2) is 13.2 Å². The lowest BCUT2D eigenvalue weighted by Gasteiger charge is -2.13. The molecule has 0 N–H and O–H groups in total. The summed E-state index contributed by atoms with van der Waals surface area (Å²) in [6.07, 6.45) is -0.431. The molecule has 1 atom stereocenters. The molecule has 0 aliphatic carbocycles. The third-order valence-electron chi connectivity index (χ3n) is 5.19. The minimum absolute atomic E-state index is 0.00954. The van der Waals surface area contributed by atoms with E-state index in [2.05, 4.69) is 0 Å². The van der Waals surface area contributed by atoms with E-state index >= 15 is 0 Å². The Morgan fingerprint density at radius 2 is 1.78 bits per heavy atom. The SMILES string of the molecule is O=c1c2ccccc2c2sc(N3CC[C@H](F)C3)cc2c2c(F)c(F)ccc12. The third-order valence-corrected chi connectivity index (χ3v) is 6.42. The number of rotatable bonds is 1. The van der Waals surface area contributed by atoms with E-state index in [0.717, 1.165) is 11.1 Å². The van der Waals surface area contributed by atoms with E-state index in [1.54, 1.807) is 18.2 Å². The first-order valence-electron chi connectivity index (χ1n) is 8.70. The monoisotopic (exact) mass is 385 g/mol. The van der Waals surface area contributed by atoms with E-state index in [1.807, 2.05) is 17.0 Å². The minimum Gasteiger partial charge on any atom is -0.360 e. The maximum absolute atomic E-state index is 14.8. The lowest BCUT2D eigenvalue weighted by molar-refractivity contribution is 0.364. The average Bonchev–Trinajstić information content (AvgIpc) is 3.27. The summed E-state index contributed by atoms with van der Waals surface area (Å²) in [5.41, 5.74) is -0.325. The summed E-state index contributed by atoms with van der Waals surface area (Å²) in [7, 11) is 0. The maximum Gasteiger partial charge on any atom is 0.194 e. The van der Waals surface area contributed by atoms with Crippen molar-refractivity contribution < 1.29 is 13.2 Å². The van der Waals surface area contributed by atoms with Crippen molar-refractivity contribution in [2.24, 2.45) is 0 Å². The average molecular weight is 385 g/mol. The molecular weight excluding hydrogens is 371 g/mol. The Morgan fingerprint density at radius 3 is 2.52 bits per heavy atom. The van der Waals surface area contributed by atoms with Crippen LogP contribution in [0.4, 0.5) is 18.2 Å². The summed E-state index contributed by atoms with van der Waals surface area (Å²) < 4.78 is 43.2. The second-order valence-corrected chi connectivity index (χ2v) is 7.85. The maximum atomic E-state index is 14.8. The molecule has 136 valence electrons. The highest BCUT2D eigenvalue weighted by Gasteiger charge is 2.25. The van der Waals surface area contributed by atoms with Crippen LogP contribution in [0.2, 0.25) is 0 Å². The van der Waals surface area contributed by atoms with Gasteiger partial charge in [-0.2, -0.15) is 0 Å². The van der Waals surface area contributed by atoms with E-state index < -0.39 is 17.8 Å². The molecule has 0 saturated carbocycles. The van der Waals surface area contributed by atoms with Gasteiger partial charge < -0.3 is 4.90 Å². The zero-order valence-corrected chi connectivity index (χ0v) is 15.0. The number of benzene rings is 2. The van der Waals surface area contributed by atoms with Gasteiger partial charge in [0.15, 0.2) is 17.1 Å². The molecule has 1 saturated heterocycles. The fourth-order valence-electron chi connectivity index (χ4n) is 3.86. The van der Waals surface area contributed by atoms with Crippen LogP contribution >= 0.6 is 11.3 Å². The van der Waals surface area contributed by atoms with E-state index in [-0.39, 0.29) is 16.2 Å². The summed E-state index contributed by atoms with van der Waals surface area (Å²) in [5, 5.41) is 2.59. The number of hydrogen-bond donors (Lipinski definition) is 0. The Morgan fingerprint density at radius 1 is 1.00 bits per heavy atom. The standard InChI is InChI=1S/C21H14F3NOS/c22-11-7-8-25(10-11)17-9-15-18-14(5-6-16(23)19(18)24)20(26)12-3-1-2-4-13(12)21(15)27-17/h1-6,9,11H,7-8,10H2/t11-/m0/s1. The van der Waals surface area contributed by atoms with Gasteiger partial charge in [-0.1, -0.05) is 24.3 Å². The van der Waals surface area contributed by atoms with Crippen LogP contribution in [0.25, 0.3) is 31.6 Å². The molecule has 0 bridgehead atoms. The van der Waals surface area contributed by atoms with Crippen molar-refractivity contribution in [3.63, 3.8) is 0 Å². The van der Waals surface area contributed by atoms with Crippen LogP contribution < -0.4 is 10.3 Å². The van der Waals surface area contributed by atoms with Crippen molar-refractivity contribution in [3.05, 3.63) is 64.3 Å². The first-order valence-corrected chi connectivity index (χ1v) is 9.51. The fraction of sp³-hybridized carbons (Fsp3) is 0.190. The lowest BCUT2D eigenvalue weighted by Crippen LogP contribution is -2.18. The third kappa shape index (κ3) is 2.43. The molecule has 0 unspecified atom stereocenters. The van der Waals surface area contributed by atoms with Crippen LogP contribution in [0, 0.1) is 11.6 Å². The van der Waals surface area contributed by atoms with Crippen LogP contribution in [0.1, 0.15) is 6.42 Å². The molecule has 4 aromatic rings. The summed E-state index contributed by atoms with van der Waals surface area (Å²) in [6.45, 7) is 0.873. The van der Waals surface area contributed by atoms with Crippen molar-refractivity contribution in [2.75, 3.05) is 18.0 Å². The quantitative estimate of drug-likeness (QED) is 0.438. The Bertz CT molecular complexity index is 1280. The van der Waals surface area contributed by atoms with Gasteiger partial charge in [0.05, 0.1) is 5.00 Å². The van der Waals surface area contributed by atoms with Gasteiger partial charge in [0.25, 0.3) is 0 Å². The normalized spacial score (nSPS) is 17.4. The van der Waals surface area contributed by atoms with Gasteiger partial charge in [0, 0.05) is 44.7 Å². The molecular formula is C21H14F3NOS. The number of alkyl halides is 1. The fourth-order valence-corrected chi connectivity index (χ4v) is 5.10. The molecule has 2 heterocycles. The van der Waals surface area contributed by atoms with Crippen LogP contribution in [-0.4, -0.2) is 19.3 Å². The molecule has 0 radical (unpaired) electrons. The Hall–Kier alpha value is -2.60. The molecule has 3 aromatic carbocycles. The van der Waals surface area contributed by atoms with Crippen LogP contribution in [0.3, 0.4) is 0 Å². The molecule has 0 spiro atoms. The van der Waals surface area contributed by atoms with Crippen LogP contribution in [0.5, 0.6) is 0 Å². The van der Waals surface area contributed by atoms with Crippen molar-refractivity contribution in [2.45, 2.75) is 12.6 Å². The first-order chi connectivity index (χ1) is 13.0. The predicted octanol–water partition coefficient (Wildman–Crippen LogP) is 5.39. The number of anilines is 1. The van der Waals surface area contributed by atoms with Crippen LogP contribution in [-0.2, 0) is 0 Å². The molecule has 1 fully saturated rings. The van der Waals surface area contributed by atoms with E-state index in [4.69, 9.17) is 0 Å². The molecule has 27 heavy (non-hydrogen) atoms. The number of halogens is 3. The van der Waals surface area contributed by atoms with Gasteiger partial charge in [0.2, 0.25) is 0 Å². The van der Waals surface area contributed by atoms with Gasteiger partial charge >= 0.3 is 0 Å². The van der Waals surface area contributed by atoms with Crippen molar-refractivity contribution in [1.82, 2.24) is 0 Å². The van der Waals surface area contributed by atoms with E-state index in [1.165, 1.54) is 17.4 Å². The van der Waals surface area contributed by atoms with Gasteiger partial charge in [-0.3, -0.25) is 4.79 Å². The highest BCUT2D eigenvalue weighted by molar-refractivity contribution is 7.23. The predicted molar refractivity (Wildman–Crippen MR) is 105 cm³/mol. The molecule has 6 heteroatoms. The van der Waals surface area contributed by atoms with Gasteiger partial charge in [-0.05, 0) is 24.6 Å². The smallest absolute Gasteiger partial charge is 0.194 e. The zero-order valence-electron chi connectivity index (χ0n) is 14.1. The molecule has 1 aliphatic rings. The van der Waals surface area contributed by atoms with E-state index in [0.29, 0.717) is 40.4 Å². The van der Waals surface area contributed by atoms with Gasteiger partial charge in [0.1, 0.15) is 6.17 Å². The second-order valence-electron chi connectivity index (χ2n) is 6.82. The number of fused-ring (bicyclic) bond motifs is 5. The molecule has 1 aromatic heterocycles. The molecule has 1 aliphatic heterocycles. The lowest BCUT2D eigenvalue weighted by atomic mass is 10.1. The highest BCUT2D eigenvalue weighted by Crippen LogP contribution is 2.41.